The molecule has 0 bridgehead atoms. The van der Waals surface area contributed by atoms with Gasteiger partial charge in [0.1, 0.15) is 21.5 Å². The zero-order valence-corrected chi connectivity index (χ0v) is 16.2. The molecule has 0 saturated heterocycles. The number of thioether (sulfide) groups is 1. The lowest BCUT2D eigenvalue weighted by molar-refractivity contribution is 0.101. The molecule has 0 spiro atoms. The van der Waals surface area contributed by atoms with E-state index in [0.29, 0.717) is 0 Å². The fourth-order valence-electron chi connectivity index (χ4n) is 2.49. The van der Waals surface area contributed by atoms with Gasteiger partial charge in [0.25, 0.3) is 0 Å². The Kier molecular flexibility index (Phi) is 5.20. The van der Waals surface area contributed by atoms with E-state index < -0.39 is 5.82 Å². The largest absolute Gasteiger partial charge is 0.293 e. The molecule has 0 saturated carbocycles. The number of thiophene rings is 1. The molecule has 0 amide bonds. The van der Waals surface area contributed by atoms with Gasteiger partial charge in [0.2, 0.25) is 0 Å². The number of fused-ring (bicyclic) bond motifs is 1. The molecule has 0 unspecified atom stereocenters. The van der Waals surface area contributed by atoms with Crippen molar-refractivity contribution in [3.8, 4) is 0 Å². The first-order valence-electron chi connectivity index (χ1n) is 8.06. The van der Waals surface area contributed by atoms with Gasteiger partial charge in [-0.25, -0.2) is 14.4 Å². The van der Waals surface area contributed by atoms with Crippen LogP contribution in [0.1, 0.15) is 46.4 Å². The number of hydrogen-bond acceptors (Lipinski definition) is 5. The fraction of sp³-hybridized carbons (Fsp3) is 0.316. The van der Waals surface area contributed by atoms with Gasteiger partial charge in [0, 0.05) is 16.2 Å². The highest BCUT2D eigenvalue weighted by Gasteiger charge is 2.18. The second kappa shape index (κ2) is 7.22. The first-order chi connectivity index (χ1) is 11.9. The van der Waals surface area contributed by atoms with Crippen LogP contribution in [0.15, 0.2) is 29.3 Å². The smallest absolute Gasteiger partial charge is 0.176 e. The number of hydrogen-bond donors (Lipinski definition) is 0. The summed E-state index contributed by atoms with van der Waals surface area (Å²) in [5.41, 5.74) is 1.28. The van der Waals surface area contributed by atoms with Crippen molar-refractivity contribution in [1.29, 1.82) is 0 Å². The Morgan fingerprint density at radius 2 is 1.96 bits per heavy atom. The zero-order chi connectivity index (χ0) is 18.1. The fourth-order valence-corrected chi connectivity index (χ4v) is 4.57. The lowest BCUT2D eigenvalue weighted by Gasteiger charge is -2.09. The number of benzene rings is 1. The van der Waals surface area contributed by atoms with E-state index in [-0.39, 0.29) is 23.0 Å². The van der Waals surface area contributed by atoms with E-state index in [1.165, 1.54) is 28.8 Å². The third kappa shape index (κ3) is 3.60. The molecule has 0 aliphatic carbocycles. The summed E-state index contributed by atoms with van der Waals surface area (Å²) in [6, 6.07) is 6.09. The average molecular weight is 375 g/mol. The summed E-state index contributed by atoms with van der Waals surface area (Å²) in [6.45, 7) is 8.21. The zero-order valence-electron chi connectivity index (χ0n) is 14.6. The molecule has 3 nitrogen and oxygen atoms in total. The first kappa shape index (κ1) is 18.0. The SMILES string of the molecule is Cc1sc2nc(C(C)C)nc(SCC(=O)c3ccccc3F)c2c1C. The summed E-state index contributed by atoms with van der Waals surface area (Å²) < 4.78 is 13.8. The number of nitrogens with zero attached hydrogens (tertiary/aromatic N) is 2. The summed E-state index contributed by atoms with van der Waals surface area (Å²) in [5, 5.41) is 1.82. The van der Waals surface area contributed by atoms with Gasteiger partial charge in [-0.05, 0) is 31.5 Å². The van der Waals surface area contributed by atoms with E-state index >= 15 is 0 Å². The van der Waals surface area contributed by atoms with Gasteiger partial charge in [0.15, 0.2) is 5.78 Å². The molecule has 0 N–H and O–H groups in total. The van der Waals surface area contributed by atoms with Crippen molar-refractivity contribution >= 4 is 39.1 Å². The molecular formula is C19H19FN2OS2. The molecule has 6 heteroatoms. The normalized spacial score (nSPS) is 11.4. The number of rotatable bonds is 5. The predicted molar refractivity (Wildman–Crippen MR) is 102 cm³/mol. The Morgan fingerprint density at radius 3 is 2.64 bits per heavy atom. The molecule has 130 valence electrons. The topological polar surface area (TPSA) is 42.9 Å². The highest BCUT2D eigenvalue weighted by atomic mass is 32.2. The summed E-state index contributed by atoms with van der Waals surface area (Å²) >= 11 is 3.01. The van der Waals surface area contributed by atoms with Gasteiger partial charge in [-0.1, -0.05) is 37.7 Å². The van der Waals surface area contributed by atoms with Gasteiger partial charge in [-0.3, -0.25) is 4.79 Å². The molecule has 3 aromatic rings. The number of ketones is 1. The van der Waals surface area contributed by atoms with Crippen molar-refractivity contribution in [2.45, 2.75) is 38.6 Å². The standard InChI is InChI=1S/C19H19FN2OS2/c1-10(2)17-21-18(16-11(3)12(4)25-19(16)22-17)24-9-15(23)13-7-5-6-8-14(13)20/h5-8,10H,9H2,1-4H3. The maximum Gasteiger partial charge on any atom is 0.176 e. The van der Waals surface area contributed by atoms with Gasteiger partial charge in [-0.15, -0.1) is 11.3 Å². The summed E-state index contributed by atoms with van der Waals surface area (Å²) in [6.07, 6.45) is 0. The number of aromatic nitrogens is 2. The molecule has 0 aliphatic rings. The third-order valence-corrected chi connectivity index (χ3v) is 6.12. The maximum absolute atomic E-state index is 13.8. The van der Waals surface area contributed by atoms with Crippen LogP contribution in [-0.2, 0) is 0 Å². The van der Waals surface area contributed by atoms with E-state index in [1.54, 1.807) is 23.5 Å². The molecule has 2 aromatic heterocycles. The van der Waals surface area contributed by atoms with Crippen LogP contribution in [0.3, 0.4) is 0 Å². The van der Waals surface area contributed by atoms with E-state index in [9.17, 15) is 9.18 Å². The van der Waals surface area contributed by atoms with Gasteiger partial charge in [0.05, 0.1) is 11.3 Å². The van der Waals surface area contributed by atoms with Crippen LogP contribution in [0.4, 0.5) is 4.39 Å². The minimum Gasteiger partial charge on any atom is -0.293 e. The second-order valence-corrected chi connectivity index (χ2v) is 8.36. The van der Waals surface area contributed by atoms with Crippen LogP contribution < -0.4 is 0 Å². The number of carbonyl (C=O) groups excluding carboxylic acids is 1. The number of aryl methyl sites for hydroxylation is 2. The Morgan fingerprint density at radius 1 is 1.24 bits per heavy atom. The maximum atomic E-state index is 13.8. The van der Waals surface area contributed by atoms with Crippen LogP contribution in [-0.4, -0.2) is 21.5 Å². The van der Waals surface area contributed by atoms with Crippen molar-refractivity contribution in [3.63, 3.8) is 0 Å². The van der Waals surface area contributed by atoms with Crippen LogP contribution in [0.2, 0.25) is 0 Å². The van der Waals surface area contributed by atoms with Crippen LogP contribution in [0.5, 0.6) is 0 Å². The number of halogens is 1. The lowest BCUT2D eigenvalue weighted by atomic mass is 10.1. The van der Waals surface area contributed by atoms with Crippen molar-refractivity contribution < 1.29 is 9.18 Å². The Labute approximate surface area is 154 Å². The number of carbonyl (C=O) groups is 1. The van der Waals surface area contributed by atoms with Crippen LogP contribution in [0.25, 0.3) is 10.2 Å². The van der Waals surface area contributed by atoms with Crippen LogP contribution in [0, 0.1) is 19.7 Å². The summed E-state index contributed by atoms with van der Waals surface area (Å²) in [5.74, 6) is 0.416. The summed E-state index contributed by atoms with van der Waals surface area (Å²) in [4.78, 5) is 23.9. The summed E-state index contributed by atoms with van der Waals surface area (Å²) in [7, 11) is 0. The Bertz CT molecular complexity index is 950. The third-order valence-electron chi connectivity index (χ3n) is 4.04. The molecular weight excluding hydrogens is 355 g/mol. The average Bonchev–Trinajstić information content (AvgIpc) is 2.87. The molecule has 2 heterocycles. The molecule has 0 radical (unpaired) electrons. The van der Waals surface area contributed by atoms with E-state index in [1.807, 2.05) is 13.8 Å². The highest BCUT2D eigenvalue weighted by molar-refractivity contribution is 8.00. The molecule has 25 heavy (non-hydrogen) atoms. The van der Waals surface area contributed by atoms with Crippen molar-refractivity contribution in [3.05, 3.63) is 51.9 Å². The molecule has 1 aromatic carbocycles. The van der Waals surface area contributed by atoms with E-state index in [4.69, 9.17) is 0 Å². The van der Waals surface area contributed by atoms with E-state index in [2.05, 4.69) is 23.8 Å². The van der Waals surface area contributed by atoms with Crippen LogP contribution >= 0.6 is 23.1 Å². The predicted octanol–water partition coefficient (Wildman–Crippen LogP) is 5.55. The molecule has 0 fully saturated rings. The van der Waals surface area contributed by atoms with Crippen molar-refractivity contribution in [2.75, 3.05) is 5.75 Å². The first-order valence-corrected chi connectivity index (χ1v) is 9.86. The minimum atomic E-state index is -0.480. The second-order valence-electron chi connectivity index (χ2n) is 6.20. The molecule has 0 aliphatic heterocycles. The van der Waals surface area contributed by atoms with Gasteiger partial charge in [-0.2, -0.15) is 0 Å². The van der Waals surface area contributed by atoms with Gasteiger partial charge >= 0.3 is 0 Å². The van der Waals surface area contributed by atoms with Crippen molar-refractivity contribution in [2.24, 2.45) is 0 Å². The van der Waals surface area contributed by atoms with Crippen molar-refractivity contribution in [1.82, 2.24) is 9.97 Å². The lowest BCUT2D eigenvalue weighted by Crippen LogP contribution is -2.06. The quantitative estimate of drug-likeness (QED) is 0.334. The minimum absolute atomic E-state index is 0.127. The Hall–Kier alpha value is -1.79. The van der Waals surface area contributed by atoms with E-state index in [0.717, 1.165) is 26.6 Å². The molecule has 3 rings (SSSR count). The Balaban J connectivity index is 1.95. The van der Waals surface area contributed by atoms with Gasteiger partial charge < -0.3 is 0 Å². The molecule has 0 atom stereocenters. The number of Topliss-reactive ketones (excluding diaryl/α,β-unsaturated/α-hetero) is 1. The monoisotopic (exact) mass is 374 g/mol. The highest BCUT2D eigenvalue weighted by Crippen LogP contribution is 2.36.